The van der Waals surface area contributed by atoms with Gasteiger partial charge in [0, 0.05) is 63.9 Å². The number of benzene rings is 1. The van der Waals surface area contributed by atoms with Gasteiger partial charge >= 0.3 is 0 Å². The molecule has 5 heterocycles. The minimum atomic E-state index is -0.157. The molecule has 2 aliphatic heterocycles. The molecule has 220 valence electrons. The van der Waals surface area contributed by atoms with Crippen molar-refractivity contribution in [2.45, 2.75) is 18.9 Å². The van der Waals surface area contributed by atoms with Gasteiger partial charge < -0.3 is 34.3 Å². The Bertz CT molecular complexity index is 1610. The van der Waals surface area contributed by atoms with Gasteiger partial charge in [-0.25, -0.2) is 15.0 Å². The molecule has 0 atom stereocenters. The number of piperidine rings is 1. The topological polar surface area (TPSA) is 155 Å². The fraction of sp³-hybridized carbons (Fsp3) is 0.333. The molecule has 2 aliphatic rings. The molecule has 0 radical (unpaired) electrons. The van der Waals surface area contributed by atoms with E-state index in [1.54, 1.807) is 36.4 Å². The summed E-state index contributed by atoms with van der Waals surface area (Å²) in [6, 6.07) is 13.3. The quantitative estimate of drug-likeness (QED) is 0.314. The number of nitrogens with zero attached hydrogens (tertiary/aromatic N) is 7. The van der Waals surface area contributed by atoms with Crippen LogP contribution >= 0.6 is 0 Å². The van der Waals surface area contributed by atoms with Crippen molar-refractivity contribution in [1.82, 2.24) is 30.2 Å². The Labute approximate surface area is 248 Å². The number of hydrogen-bond donors (Lipinski definition) is 2. The molecule has 0 bridgehead atoms. The summed E-state index contributed by atoms with van der Waals surface area (Å²) < 4.78 is 16.7. The third-order valence-corrected chi connectivity index (χ3v) is 7.46. The lowest BCUT2D eigenvalue weighted by atomic mass is 10.1. The summed E-state index contributed by atoms with van der Waals surface area (Å²) >= 11 is 0. The first-order valence-corrected chi connectivity index (χ1v) is 14.1. The van der Waals surface area contributed by atoms with Crippen LogP contribution in [0, 0.1) is 11.3 Å². The second-order valence-electron chi connectivity index (χ2n) is 10.2. The van der Waals surface area contributed by atoms with E-state index < -0.39 is 0 Å². The number of anilines is 3. The molecular formula is C30H31N9O4. The molecular weight excluding hydrogens is 550 g/mol. The number of pyridine rings is 1. The lowest BCUT2D eigenvalue weighted by Gasteiger charge is -2.31. The highest BCUT2D eigenvalue weighted by Gasteiger charge is 2.26. The Morgan fingerprint density at radius 2 is 1.93 bits per heavy atom. The average molecular weight is 582 g/mol. The zero-order chi connectivity index (χ0) is 29.6. The van der Waals surface area contributed by atoms with E-state index in [0.29, 0.717) is 66.3 Å². The van der Waals surface area contributed by atoms with Crippen LogP contribution < -0.4 is 25.0 Å². The number of ether oxygens (including phenoxy) is 2. The zero-order valence-corrected chi connectivity index (χ0v) is 23.7. The second kappa shape index (κ2) is 12.7. The summed E-state index contributed by atoms with van der Waals surface area (Å²) in [4.78, 5) is 34.1. The first kappa shape index (κ1) is 27.9. The van der Waals surface area contributed by atoms with E-state index in [2.05, 4.69) is 41.5 Å². The van der Waals surface area contributed by atoms with Gasteiger partial charge in [-0.2, -0.15) is 10.2 Å². The van der Waals surface area contributed by atoms with Crippen molar-refractivity contribution in [3.05, 3.63) is 66.5 Å². The highest BCUT2D eigenvalue weighted by Crippen LogP contribution is 2.30. The molecule has 43 heavy (non-hydrogen) atoms. The van der Waals surface area contributed by atoms with Crippen molar-refractivity contribution in [2.24, 2.45) is 0 Å². The molecule has 2 saturated heterocycles. The fourth-order valence-corrected chi connectivity index (χ4v) is 5.21. The smallest absolute Gasteiger partial charge is 0.275 e. The van der Waals surface area contributed by atoms with E-state index in [0.717, 1.165) is 37.4 Å². The average Bonchev–Trinajstić information content (AvgIpc) is 3.61. The highest BCUT2D eigenvalue weighted by atomic mass is 16.5. The van der Waals surface area contributed by atoms with E-state index in [4.69, 9.17) is 13.9 Å². The van der Waals surface area contributed by atoms with Crippen molar-refractivity contribution in [1.29, 1.82) is 5.26 Å². The minimum absolute atomic E-state index is 0.114. The summed E-state index contributed by atoms with van der Waals surface area (Å²) in [6.07, 6.45) is 5.43. The molecule has 1 aromatic carbocycles. The molecule has 3 aromatic heterocycles. The number of aromatic nitrogens is 4. The summed E-state index contributed by atoms with van der Waals surface area (Å²) in [5.74, 6) is 1.80. The van der Waals surface area contributed by atoms with E-state index in [1.807, 2.05) is 18.2 Å². The van der Waals surface area contributed by atoms with Crippen LogP contribution in [0.3, 0.4) is 0 Å². The van der Waals surface area contributed by atoms with Gasteiger partial charge in [0.2, 0.25) is 11.8 Å². The number of piperazine rings is 1. The van der Waals surface area contributed by atoms with E-state index in [1.165, 1.54) is 12.7 Å². The maximum absolute atomic E-state index is 12.5. The molecule has 13 nitrogen and oxygen atoms in total. The SMILES string of the molecule is COc1nc(Nc2nccc(-c3ccc(OC4CCN(C(=O)c5cocn5)CC4)c(C#N)c3)n2)ccc1N1CCNCC1. The van der Waals surface area contributed by atoms with E-state index in [-0.39, 0.29) is 12.0 Å². The third-order valence-electron chi connectivity index (χ3n) is 7.46. The summed E-state index contributed by atoms with van der Waals surface area (Å²) in [6.45, 7) is 4.66. The van der Waals surface area contributed by atoms with Crippen LogP contribution in [0.2, 0.25) is 0 Å². The number of oxazole rings is 1. The maximum atomic E-state index is 12.5. The number of carbonyl (C=O) groups excluding carboxylic acids is 1. The molecule has 13 heteroatoms. The van der Waals surface area contributed by atoms with Gasteiger partial charge in [0.1, 0.15) is 35.7 Å². The number of likely N-dealkylation sites (tertiary alicyclic amines) is 1. The van der Waals surface area contributed by atoms with Gasteiger partial charge in [0.15, 0.2) is 12.1 Å². The van der Waals surface area contributed by atoms with Crippen molar-refractivity contribution >= 4 is 23.4 Å². The van der Waals surface area contributed by atoms with Crippen LogP contribution in [-0.4, -0.2) is 83.2 Å². The first-order chi connectivity index (χ1) is 21.1. The van der Waals surface area contributed by atoms with Crippen LogP contribution in [-0.2, 0) is 0 Å². The first-order valence-electron chi connectivity index (χ1n) is 14.1. The van der Waals surface area contributed by atoms with Crippen LogP contribution in [0.25, 0.3) is 11.3 Å². The maximum Gasteiger partial charge on any atom is 0.275 e. The summed E-state index contributed by atoms with van der Waals surface area (Å²) in [5, 5.41) is 16.4. The molecule has 2 N–H and O–H groups in total. The Hall–Kier alpha value is -5.22. The van der Waals surface area contributed by atoms with Crippen LogP contribution in [0.5, 0.6) is 11.6 Å². The molecule has 4 aromatic rings. The summed E-state index contributed by atoms with van der Waals surface area (Å²) in [5.41, 5.74) is 3.04. The van der Waals surface area contributed by atoms with Gasteiger partial charge in [-0.05, 0) is 36.4 Å². The normalized spacial score (nSPS) is 15.5. The largest absolute Gasteiger partial charge is 0.489 e. The number of rotatable bonds is 8. The number of nitriles is 1. The lowest BCUT2D eigenvalue weighted by Crippen LogP contribution is -2.43. The fourth-order valence-electron chi connectivity index (χ4n) is 5.21. The Kier molecular flexibility index (Phi) is 8.28. The lowest BCUT2D eigenvalue weighted by molar-refractivity contribution is 0.0589. The Balaban J connectivity index is 1.11. The second-order valence-corrected chi connectivity index (χ2v) is 10.2. The van der Waals surface area contributed by atoms with Crippen molar-refractivity contribution in [3.8, 4) is 29.0 Å². The minimum Gasteiger partial charge on any atom is -0.489 e. The molecule has 1 amide bonds. The van der Waals surface area contributed by atoms with Crippen molar-refractivity contribution < 1.29 is 18.7 Å². The summed E-state index contributed by atoms with van der Waals surface area (Å²) in [7, 11) is 1.61. The Morgan fingerprint density at radius 1 is 1.09 bits per heavy atom. The third kappa shape index (κ3) is 6.34. The van der Waals surface area contributed by atoms with Gasteiger partial charge in [-0.1, -0.05) is 0 Å². The Morgan fingerprint density at radius 3 is 2.67 bits per heavy atom. The molecule has 0 unspecified atom stereocenters. The van der Waals surface area contributed by atoms with Crippen LogP contribution in [0.15, 0.2) is 59.7 Å². The molecule has 6 rings (SSSR count). The molecule has 0 spiro atoms. The van der Waals surface area contributed by atoms with Crippen LogP contribution in [0.1, 0.15) is 28.9 Å². The number of amides is 1. The number of hydrogen-bond acceptors (Lipinski definition) is 12. The number of nitrogens with one attached hydrogen (secondary N) is 2. The van der Waals surface area contributed by atoms with Gasteiger partial charge in [-0.3, -0.25) is 4.79 Å². The zero-order valence-electron chi connectivity index (χ0n) is 23.7. The van der Waals surface area contributed by atoms with Crippen LogP contribution in [0.4, 0.5) is 17.5 Å². The van der Waals surface area contributed by atoms with Gasteiger partial charge in [0.25, 0.3) is 5.91 Å². The van der Waals surface area contributed by atoms with E-state index in [9.17, 15) is 10.1 Å². The highest BCUT2D eigenvalue weighted by molar-refractivity contribution is 5.91. The van der Waals surface area contributed by atoms with Gasteiger partial charge in [0.05, 0.1) is 18.4 Å². The number of carbonyl (C=O) groups is 1. The standard InChI is InChI=1S/C30H31N9O4/c1-41-28-25(38-14-10-32-11-15-38)3-5-27(36-28)37-30-33-9-6-23(35-30)20-2-4-26(21(16-20)17-31)43-22-7-12-39(13-8-22)29(40)24-18-42-19-34-24/h2-6,9,16,18-19,22,32H,7-8,10-15H2,1H3,(H,33,35,36,37). The monoisotopic (exact) mass is 581 g/mol. The molecule has 0 saturated carbocycles. The molecule has 2 fully saturated rings. The molecule has 0 aliphatic carbocycles. The van der Waals surface area contributed by atoms with E-state index >= 15 is 0 Å². The van der Waals surface area contributed by atoms with Crippen molar-refractivity contribution in [2.75, 3.05) is 56.6 Å². The predicted octanol–water partition coefficient (Wildman–Crippen LogP) is 3.24. The van der Waals surface area contributed by atoms with Gasteiger partial charge in [-0.15, -0.1) is 0 Å². The number of methoxy groups -OCH3 is 1. The van der Waals surface area contributed by atoms with Crippen molar-refractivity contribution in [3.63, 3.8) is 0 Å². The predicted molar refractivity (Wildman–Crippen MR) is 157 cm³/mol.